The molecule has 1 nitrogen and oxygen atoms in total. The number of hydrogen-bond acceptors (Lipinski definition) is 1. The molecule has 2 aliphatic carbocycles. The molecule has 2 aliphatic rings. The smallest absolute Gasteiger partial charge is 0.00957 e. The van der Waals surface area contributed by atoms with E-state index in [1.54, 1.807) is 6.42 Å². The summed E-state index contributed by atoms with van der Waals surface area (Å²) in [5.41, 5.74) is 0.494. The van der Waals surface area contributed by atoms with Gasteiger partial charge in [-0.1, -0.05) is 27.7 Å². The molecule has 0 radical (unpaired) electrons. The van der Waals surface area contributed by atoms with Gasteiger partial charge in [0.2, 0.25) is 0 Å². The largest absolute Gasteiger partial charge is 0.314 e. The number of fused-ring (bicyclic) bond motifs is 1. The predicted octanol–water partition coefficient (Wildman–Crippen LogP) is 4.23. The fourth-order valence-corrected chi connectivity index (χ4v) is 3.51. The van der Waals surface area contributed by atoms with E-state index in [0.29, 0.717) is 5.41 Å². The third-order valence-corrected chi connectivity index (χ3v) is 4.71. The van der Waals surface area contributed by atoms with Crippen LogP contribution in [0.3, 0.4) is 0 Å². The topological polar surface area (TPSA) is 12.0 Å². The quantitative estimate of drug-likeness (QED) is 0.729. The van der Waals surface area contributed by atoms with Gasteiger partial charge in [0, 0.05) is 6.04 Å². The van der Waals surface area contributed by atoms with Crippen LogP contribution in [-0.2, 0) is 0 Å². The van der Waals surface area contributed by atoms with E-state index < -0.39 is 0 Å². The SMILES string of the molecule is CCCNC(CCC(C)(C)C)C1CC2CC2C1. The molecule has 1 N–H and O–H groups in total. The molecule has 2 saturated carbocycles. The van der Waals surface area contributed by atoms with Gasteiger partial charge in [-0.15, -0.1) is 0 Å². The lowest BCUT2D eigenvalue weighted by molar-refractivity contribution is 0.268. The molecule has 0 aliphatic heterocycles. The van der Waals surface area contributed by atoms with Crippen molar-refractivity contribution in [2.75, 3.05) is 6.54 Å². The van der Waals surface area contributed by atoms with Gasteiger partial charge in [-0.3, -0.25) is 0 Å². The van der Waals surface area contributed by atoms with Crippen molar-refractivity contribution in [3.63, 3.8) is 0 Å². The second kappa shape index (κ2) is 5.30. The summed E-state index contributed by atoms with van der Waals surface area (Å²) in [6, 6.07) is 0.807. The number of rotatable bonds is 6. The molecule has 0 saturated heterocycles. The normalized spacial score (nSPS) is 33.5. The third-order valence-electron chi connectivity index (χ3n) is 4.71. The van der Waals surface area contributed by atoms with Crippen molar-refractivity contribution < 1.29 is 0 Å². The van der Waals surface area contributed by atoms with Crippen LogP contribution in [0.2, 0.25) is 0 Å². The van der Waals surface area contributed by atoms with Crippen LogP contribution in [0.5, 0.6) is 0 Å². The number of nitrogens with one attached hydrogen (secondary N) is 1. The van der Waals surface area contributed by atoms with E-state index in [1.807, 2.05) is 0 Å². The van der Waals surface area contributed by atoms with Crippen LogP contribution < -0.4 is 5.32 Å². The summed E-state index contributed by atoms with van der Waals surface area (Å²) in [4.78, 5) is 0. The van der Waals surface area contributed by atoms with Crippen molar-refractivity contribution in [3.8, 4) is 0 Å². The van der Waals surface area contributed by atoms with Crippen LogP contribution in [0, 0.1) is 23.2 Å². The summed E-state index contributed by atoms with van der Waals surface area (Å²) >= 11 is 0. The molecule has 3 atom stereocenters. The Balaban J connectivity index is 1.79. The van der Waals surface area contributed by atoms with E-state index in [-0.39, 0.29) is 0 Å². The maximum absolute atomic E-state index is 3.83. The Morgan fingerprint density at radius 1 is 1.12 bits per heavy atom. The molecular weight excluding hydrogens is 206 g/mol. The van der Waals surface area contributed by atoms with Crippen LogP contribution in [0.15, 0.2) is 0 Å². The monoisotopic (exact) mass is 237 g/mol. The summed E-state index contributed by atoms with van der Waals surface area (Å²) in [6.45, 7) is 10.6. The summed E-state index contributed by atoms with van der Waals surface area (Å²) in [5, 5.41) is 3.83. The first-order valence-corrected chi connectivity index (χ1v) is 7.73. The van der Waals surface area contributed by atoms with Gasteiger partial charge >= 0.3 is 0 Å². The molecule has 0 heterocycles. The highest BCUT2D eigenvalue weighted by Crippen LogP contribution is 2.55. The maximum atomic E-state index is 3.83. The minimum absolute atomic E-state index is 0.494. The lowest BCUT2D eigenvalue weighted by atomic mass is 9.84. The van der Waals surface area contributed by atoms with Gasteiger partial charge in [0.1, 0.15) is 0 Å². The Bertz CT molecular complexity index is 230. The van der Waals surface area contributed by atoms with Crippen molar-refractivity contribution in [1.82, 2.24) is 5.32 Å². The molecule has 2 rings (SSSR count). The van der Waals surface area contributed by atoms with Crippen LogP contribution >= 0.6 is 0 Å². The van der Waals surface area contributed by atoms with Crippen LogP contribution in [0.25, 0.3) is 0 Å². The van der Waals surface area contributed by atoms with Crippen molar-refractivity contribution in [1.29, 1.82) is 0 Å². The zero-order chi connectivity index (χ0) is 12.5. The predicted molar refractivity (Wildman–Crippen MR) is 75.1 cm³/mol. The Labute approximate surface area is 108 Å². The van der Waals surface area contributed by atoms with E-state index in [0.717, 1.165) is 23.8 Å². The first kappa shape index (κ1) is 13.4. The molecule has 2 fully saturated rings. The molecule has 0 aromatic rings. The molecule has 0 aromatic carbocycles. The van der Waals surface area contributed by atoms with E-state index in [4.69, 9.17) is 0 Å². The lowest BCUT2D eigenvalue weighted by Gasteiger charge is -2.29. The average Bonchev–Trinajstić information content (AvgIpc) is 2.85. The van der Waals surface area contributed by atoms with Gasteiger partial charge in [0.05, 0.1) is 0 Å². The summed E-state index contributed by atoms with van der Waals surface area (Å²) < 4.78 is 0. The van der Waals surface area contributed by atoms with Gasteiger partial charge in [-0.05, 0) is 68.2 Å². The highest BCUT2D eigenvalue weighted by atomic mass is 14.9. The van der Waals surface area contributed by atoms with Crippen LogP contribution in [-0.4, -0.2) is 12.6 Å². The highest BCUT2D eigenvalue weighted by Gasteiger charge is 2.47. The van der Waals surface area contributed by atoms with Gasteiger partial charge in [0.15, 0.2) is 0 Å². The Morgan fingerprint density at radius 3 is 2.29 bits per heavy atom. The Hall–Kier alpha value is -0.0400. The van der Waals surface area contributed by atoms with E-state index in [1.165, 1.54) is 38.6 Å². The van der Waals surface area contributed by atoms with Gasteiger partial charge < -0.3 is 5.32 Å². The van der Waals surface area contributed by atoms with Gasteiger partial charge in [-0.25, -0.2) is 0 Å². The first-order valence-electron chi connectivity index (χ1n) is 7.73. The molecule has 100 valence electrons. The van der Waals surface area contributed by atoms with Gasteiger partial charge in [0.25, 0.3) is 0 Å². The molecule has 0 bridgehead atoms. The van der Waals surface area contributed by atoms with Crippen molar-refractivity contribution in [2.24, 2.45) is 23.2 Å². The fraction of sp³-hybridized carbons (Fsp3) is 1.00. The highest BCUT2D eigenvalue weighted by molar-refractivity contribution is 4.99. The molecule has 0 aromatic heterocycles. The maximum Gasteiger partial charge on any atom is 0.00957 e. The Morgan fingerprint density at radius 2 is 1.76 bits per heavy atom. The van der Waals surface area contributed by atoms with E-state index in [2.05, 4.69) is 33.0 Å². The summed E-state index contributed by atoms with van der Waals surface area (Å²) in [5.74, 6) is 3.24. The summed E-state index contributed by atoms with van der Waals surface area (Å²) in [6.07, 6.45) is 8.61. The zero-order valence-electron chi connectivity index (χ0n) is 12.3. The molecule has 17 heavy (non-hydrogen) atoms. The first-order chi connectivity index (χ1) is 7.99. The fourth-order valence-electron chi connectivity index (χ4n) is 3.51. The molecular formula is C16H31N. The third kappa shape index (κ3) is 3.98. The van der Waals surface area contributed by atoms with E-state index >= 15 is 0 Å². The average molecular weight is 237 g/mol. The lowest BCUT2D eigenvalue weighted by Crippen LogP contribution is -2.37. The van der Waals surface area contributed by atoms with Crippen molar-refractivity contribution in [2.45, 2.75) is 72.3 Å². The van der Waals surface area contributed by atoms with Gasteiger partial charge in [-0.2, -0.15) is 0 Å². The minimum Gasteiger partial charge on any atom is -0.314 e. The number of hydrogen-bond donors (Lipinski definition) is 1. The van der Waals surface area contributed by atoms with Crippen LogP contribution in [0.4, 0.5) is 0 Å². The Kier molecular flexibility index (Phi) is 4.18. The standard InChI is InChI=1S/C16H31N/c1-5-8-17-15(6-7-16(2,3)4)14-10-12-9-13(12)11-14/h12-15,17H,5-11H2,1-4H3. The summed E-state index contributed by atoms with van der Waals surface area (Å²) in [7, 11) is 0. The molecule has 0 spiro atoms. The second-order valence-corrected chi connectivity index (χ2v) is 7.65. The minimum atomic E-state index is 0.494. The molecule has 1 heteroatoms. The molecule has 3 unspecified atom stereocenters. The zero-order valence-corrected chi connectivity index (χ0v) is 12.3. The van der Waals surface area contributed by atoms with Crippen LogP contribution in [0.1, 0.15) is 66.2 Å². The van der Waals surface area contributed by atoms with E-state index in [9.17, 15) is 0 Å². The molecule has 0 amide bonds. The second-order valence-electron chi connectivity index (χ2n) is 7.65. The van der Waals surface area contributed by atoms with Crippen molar-refractivity contribution >= 4 is 0 Å². The van der Waals surface area contributed by atoms with Crippen molar-refractivity contribution in [3.05, 3.63) is 0 Å².